The summed E-state index contributed by atoms with van der Waals surface area (Å²) in [4.78, 5) is 5.26. The van der Waals surface area contributed by atoms with Gasteiger partial charge in [0.2, 0.25) is 0 Å². The molecule has 1 heterocycles. The van der Waals surface area contributed by atoms with Crippen LogP contribution in [0.5, 0.6) is 0 Å². The average molecular weight is 339 g/mol. The number of rotatable bonds is 9. The van der Waals surface area contributed by atoms with Crippen molar-refractivity contribution in [2.45, 2.75) is 52.0 Å². The van der Waals surface area contributed by atoms with Crippen molar-refractivity contribution in [1.82, 2.24) is 9.80 Å². The van der Waals surface area contributed by atoms with E-state index in [1.54, 1.807) is 0 Å². The molecule has 2 aromatic rings. The largest absolute Gasteiger partial charge is 0.303 e. The van der Waals surface area contributed by atoms with Crippen LogP contribution >= 0.6 is 0 Å². The van der Waals surface area contributed by atoms with Crippen LogP contribution in [0.3, 0.4) is 0 Å². The third-order valence-electron chi connectivity index (χ3n) is 5.62. The van der Waals surface area contributed by atoms with Crippen molar-refractivity contribution in [2.24, 2.45) is 0 Å². The van der Waals surface area contributed by atoms with E-state index < -0.39 is 0 Å². The van der Waals surface area contributed by atoms with Crippen molar-refractivity contribution in [3.8, 4) is 0 Å². The van der Waals surface area contributed by atoms with Crippen LogP contribution in [0.2, 0.25) is 0 Å². The molecular weight excluding hydrogens is 304 g/mol. The zero-order chi connectivity index (χ0) is 17.3. The first kappa shape index (κ1) is 18.4. The van der Waals surface area contributed by atoms with Crippen LogP contribution in [0.1, 0.15) is 51.0 Å². The topological polar surface area (TPSA) is 6.48 Å². The van der Waals surface area contributed by atoms with E-state index in [1.165, 1.54) is 81.0 Å². The fraction of sp³-hybridized carbons (Fsp3) is 0.565. The van der Waals surface area contributed by atoms with Crippen LogP contribution in [0.15, 0.2) is 42.5 Å². The van der Waals surface area contributed by atoms with Crippen molar-refractivity contribution in [3.63, 3.8) is 0 Å². The summed E-state index contributed by atoms with van der Waals surface area (Å²) >= 11 is 0. The molecule has 0 spiro atoms. The van der Waals surface area contributed by atoms with Crippen LogP contribution < -0.4 is 0 Å². The highest BCUT2D eigenvalue weighted by molar-refractivity contribution is 5.85. The molecule has 1 aliphatic heterocycles. The second-order valence-electron chi connectivity index (χ2n) is 7.47. The summed E-state index contributed by atoms with van der Waals surface area (Å²) in [5.74, 6) is 0. The van der Waals surface area contributed by atoms with E-state index in [0.29, 0.717) is 0 Å². The quantitative estimate of drug-likeness (QED) is 0.571. The monoisotopic (exact) mass is 338 g/mol. The van der Waals surface area contributed by atoms with Crippen molar-refractivity contribution in [1.29, 1.82) is 0 Å². The van der Waals surface area contributed by atoms with Crippen molar-refractivity contribution in [2.75, 3.05) is 32.7 Å². The van der Waals surface area contributed by atoms with Gasteiger partial charge in [-0.1, -0.05) is 62.2 Å². The average Bonchev–Trinajstić information content (AvgIpc) is 2.68. The summed E-state index contributed by atoms with van der Waals surface area (Å²) in [7, 11) is 0. The Balaban J connectivity index is 1.43. The maximum Gasteiger partial charge on any atom is 0.0239 e. The maximum atomic E-state index is 2.66. The van der Waals surface area contributed by atoms with Crippen LogP contribution in [-0.4, -0.2) is 42.5 Å². The lowest BCUT2D eigenvalue weighted by Gasteiger charge is -2.26. The molecule has 25 heavy (non-hydrogen) atoms. The highest BCUT2D eigenvalue weighted by Crippen LogP contribution is 2.20. The molecule has 2 heteroatoms. The number of fused-ring (bicyclic) bond motifs is 1. The number of piperidine rings is 1. The molecule has 1 aliphatic rings. The Bertz CT molecular complexity index is 626. The van der Waals surface area contributed by atoms with Crippen LogP contribution in [0.4, 0.5) is 0 Å². The molecule has 1 saturated heterocycles. The number of nitrogens with zero attached hydrogens (tertiary/aromatic N) is 2. The molecule has 0 amide bonds. The lowest BCUT2D eigenvalue weighted by atomic mass is 10.0. The van der Waals surface area contributed by atoms with Gasteiger partial charge in [-0.25, -0.2) is 0 Å². The van der Waals surface area contributed by atoms with Gasteiger partial charge in [0, 0.05) is 6.54 Å². The van der Waals surface area contributed by atoms with E-state index >= 15 is 0 Å². The van der Waals surface area contributed by atoms with Gasteiger partial charge in [0.05, 0.1) is 0 Å². The fourth-order valence-corrected chi connectivity index (χ4v) is 4.05. The maximum absolute atomic E-state index is 2.66. The predicted octanol–water partition coefficient (Wildman–Crippen LogP) is 5.32. The van der Waals surface area contributed by atoms with E-state index in [-0.39, 0.29) is 0 Å². The van der Waals surface area contributed by atoms with Gasteiger partial charge in [0.25, 0.3) is 0 Å². The van der Waals surface area contributed by atoms with Gasteiger partial charge in [-0.15, -0.1) is 0 Å². The molecule has 136 valence electrons. The minimum Gasteiger partial charge on any atom is -0.303 e. The molecule has 0 saturated carbocycles. The number of hydrogen-bond donors (Lipinski definition) is 0. The van der Waals surface area contributed by atoms with Crippen molar-refractivity contribution in [3.05, 3.63) is 48.0 Å². The zero-order valence-corrected chi connectivity index (χ0v) is 15.9. The summed E-state index contributed by atoms with van der Waals surface area (Å²) in [6.45, 7) is 9.71. The first-order valence-electron chi connectivity index (χ1n) is 10.3. The Labute approximate surface area is 153 Å². The van der Waals surface area contributed by atoms with Gasteiger partial charge in [0.1, 0.15) is 0 Å². The lowest BCUT2D eigenvalue weighted by molar-refractivity contribution is 0.220. The third kappa shape index (κ3) is 5.55. The van der Waals surface area contributed by atoms with Crippen LogP contribution in [-0.2, 0) is 6.54 Å². The number of hydrogen-bond acceptors (Lipinski definition) is 2. The Hall–Kier alpha value is -1.38. The van der Waals surface area contributed by atoms with Crippen LogP contribution in [0.25, 0.3) is 10.8 Å². The van der Waals surface area contributed by atoms with E-state index in [0.717, 1.165) is 13.1 Å². The Morgan fingerprint density at radius 1 is 0.880 bits per heavy atom. The highest BCUT2D eigenvalue weighted by atomic mass is 15.1. The number of unbranched alkanes of at least 4 members (excludes halogenated alkanes) is 2. The molecule has 1 fully saturated rings. The number of benzene rings is 2. The standard InChI is InChI=1S/C23H34N2/c1-2-24(16-7-3-8-17-25-18-9-4-10-19-25)20-22-14-11-13-21-12-5-6-15-23(21)22/h5-6,11-15H,2-4,7-10,16-20H2,1H3. The summed E-state index contributed by atoms with van der Waals surface area (Å²) in [6.07, 6.45) is 8.32. The molecule has 0 radical (unpaired) electrons. The minimum atomic E-state index is 1.07. The summed E-state index contributed by atoms with van der Waals surface area (Å²) in [5, 5.41) is 2.77. The van der Waals surface area contributed by atoms with E-state index in [2.05, 4.69) is 59.2 Å². The fourth-order valence-electron chi connectivity index (χ4n) is 4.05. The normalized spacial score (nSPS) is 15.9. The Morgan fingerprint density at radius 3 is 2.52 bits per heavy atom. The third-order valence-corrected chi connectivity index (χ3v) is 5.62. The molecular formula is C23H34N2. The molecule has 0 unspecified atom stereocenters. The molecule has 0 bridgehead atoms. The minimum absolute atomic E-state index is 1.07. The van der Waals surface area contributed by atoms with E-state index in [4.69, 9.17) is 0 Å². The van der Waals surface area contributed by atoms with Gasteiger partial charge < -0.3 is 4.90 Å². The van der Waals surface area contributed by atoms with Gasteiger partial charge in [-0.2, -0.15) is 0 Å². The first-order chi connectivity index (χ1) is 12.4. The van der Waals surface area contributed by atoms with Gasteiger partial charge in [-0.3, -0.25) is 4.90 Å². The Kier molecular flexibility index (Phi) is 7.32. The SMILES string of the molecule is CCN(CCCCCN1CCCCC1)Cc1cccc2ccccc12. The second kappa shape index (κ2) is 9.94. The lowest BCUT2D eigenvalue weighted by Crippen LogP contribution is -2.30. The second-order valence-corrected chi connectivity index (χ2v) is 7.47. The first-order valence-corrected chi connectivity index (χ1v) is 10.3. The number of likely N-dealkylation sites (tertiary alicyclic amines) is 1. The summed E-state index contributed by atoms with van der Waals surface area (Å²) in [5.41, 5.74) is 1.47. The Morgan fingerprint density at radius 2 is 1.68 bits per heavy atom. The van der Waals surface area contributed by atoms with Crippen LogP contribution in [0, 0.1) is 0 Å². The summed E-state index contributed by atoms with van der Waals surface area (Å²) < 4.78 is 0. The van der Waals surface area contributed by atoms with Crippen molar-refractivity contribution < 1.29 is 0 Å². The van der Waals surface area contributed by atoms with Gasteiger partial charge >= 0.3 is 0 Å². The van der Waals surface area contributed by atoms with Gasteiger partial charge in [-0.05, 0) is 74.7 Å². The molecule has 0 atom stereocenters. The molecule has 0 N–H and O–H groups in total. The van der Waals surface area contributed by atoms with Crippen molar-refractivity contribution >= 4 is 10.8 Å². The predicted molar refractivity (Wildman–Crippen MR) is 109 cm³/mol. The smallest absolute Gasteiger partial charge is 0.0239 e. The van der Waals surface area contributed by atoms with E-state index in [1.807, 2.05) is 0 Å². The molecule has 0 aliphatic carbocycles. The summed E-state index contributed by atoms with van der Waals surface area (Å²) in [6, 6.07) is 15.5. The molecule has 3 rings (SSSR count). The molecule has 2 nitrogen and oxygen atoms in total. The molecule has 0 aromatic heterocycles. The highest BCUT2D eigenvalue weighted by Gasteiger charge is 2.10. The molecule has 2 aromatic carbocycles. The van der Waals surface area contributed by atoms with Gasteiger partial charge in [0.15, 0.2) is 0 Å². The van der Waals surface area contributed by atoms with E-state index in [9.17, 15) is 0 Å². The zero-order valence-electron chi connectivity index (χ0n) is 15.9.